The Bertz CT molecular complexity index is 511. The maximum absolute atomic E-state index is 9.46. The minimum absolute atomic E-state index is 0.211. The van der Waals surface area contributed by atoms with Crippen LogP contribution in [0.4, 0.5) is 0 Å². The summed E-state index contributed by atoms with van der Waals surface area (Å²) in [6.07, 6.45) is 2.81. The van der Waals surface area contributed by atoms with Gasteiger partial charge in [0.2, 0.25) is 0 Å². The van der Waals surface area contributed by atoms with Crippen LogP contribution in [0.1, 0.15) is 0 Å². The van der Waals surface area contributed by atoms with Crippen LogP contribution >= 0.6 is 19.6 Å². The van der Waals surface area contributed by atoms with Gasteiger partial charge in [-0.15, -0.1) is 0 Å². The van der Waals surface area contributed by atoms with Gasteiger partial charge in [0.15, 0.2) is 0 Å². The van der Waals surface area contributed by atoms with Crippen molar-refractivity contribution < 1.29 is 20.9 Å². The van der Waals surface area contributed by atoms with Crippen molar-refractivity contribution >= 4 is 77.0 Å². The van der Waals surface area contributed by atoms with Crippen LogP contribution in [0.5, 0.6) is 0 Å². The molecule has 0 saturated carbocycles. The molecule has 0 bridgehead atoms. The fourth-order valence-corrected chi connectivity index (χ4v) is 8.14. The van der Waals surface area contributed by atoms with Crippen LogP contribution in [0.2, 0.25) is 0 Å². The van der Waals surface area contributed by atoms with Crippen LogP contribution < -0.4 is 0 Å². The van der Waals surface area contributed by atoms with E-state index in [1.165, 1.54) is 0 Å². The monoisotopic (exact) mass is 581 g/mol. The molecule has 1 aliphatic heterocycles. The van der Waals surface area contributed by atoms with Gasteiger partial charge in [0.1, 0.15) is 0 Å². The van der Waals surface area contributed by atoms with Gasteiger partial charge in [0.05, 0.1) is 0 Å². The van der Waals surface area contributed by atoms with Crippen LogP contribution in [-0.4, -0.2) is 65.8 Å². The van der Waals surface area contributed by atoms with Crippen LogP contribution in [0.25, 0.3) is 0 Å². The molecule has 1 aliphatic rings. The topological polar surface area (TPSA) is 57.2 Å². The Kier molecular flexibility index (Phi) is 12.3. The van der Waals surface area contributed by atoms with E-state index in [0.717, 1.165) is 4.00 Å². The Balaban J connectivity index is 3.10. The average Bonchev–Trinajstić information content (AvgIpc) is 2.47. The zero-order chi connectivity index (χ0) is 15.0. The SMILES string of the molecule is C#C[C@H]1O[C@H](CO)[C@@H]([O][Tl]=[P+]=S)[C@H](O[SH-]#P)[C@@H]1O[SH-]#P. The molecule has 1 fully saturated rings. The number of hydrogen-bond donors (Lipinski definition) is 1. The van der Waals surface area contributed by atoms with Crippen molar-refractivity contribution in [2.24, 2.45) is 0 Å². The molecule has 0 aromatic carbocycles. The Labute approximate surface area is 146 Å². The predicted molar refractivity (Wildman–Crippen MR) is 90.6 cm³/mol. The second-order valence-corrected chi connectivity index (χ2v) is 17.2. The van der Waals surface area contributed by atoms with Crippen molar-refractivity contribution in [1.29, 1.82) is 0 Å². The molecule has 0 aromatic heterocycles. The molecule has 12 heteroatoms. The van der Waals surface area contributed by atoms with E-state index in [4.69, 9.17) is 34.0 Å². The molecule has 5 atom stereocenters. The molecule has 1 rings (SSSR count). The Morgan fingerprint density at radius 1 is 1.35 bits per heavy atom. The van der Waals surface area contributed by atoms with E-state index < -0.39 is 54.1 Å². The van der Waals surface area contributed by atoms with E-state index in [9.17, 15) is 5.11 Å². The molecule has 110 valence electrons. The summed E-state index contributed by atoms with van der Waals surface area (Å²) in [6, 6.07) is 0. The zero-order valence-electron chi connectivity index (χ0n) is 9.97. The van der Waals surface area contributed by atoms with Gasteiger partial charge in [0, 0.05) is 0 Å². The van der Waals surface area contributed by atoms with Gasteiger partial charge in [-0.2, -0.15) is 0 Å². The Morgan fingerprint density at radius 2 is 2.00 bits per heavy atom. The Hall–Kier alpha value is 2.49. The van der Waals surface area contributed by atoms with E-state index in [0.29, 0.717) is 22.0 Å². The molecule has 0 spiro atoms. The van der Waals surface area contributed by atoms with Gasteiger partial charge in [-0.3, -0.25) is 0 Å². The molecule has 0 aliphatic carbocycles. The number of ether oxygens (including phenoxy) is 1. The first-order valence-electron chi connectivity index (χ1n) is 5.26. The maximum atomic E-state index is 9.46. The second-order valence-electron chi connectivity index (χ2n) is 3.56. The van der Waals surface area contributed by atoms with Gasteiger partial charge < -0.3 is 0 Å². The van der Waals surface area contributed by atoms with Crippen molar-refractivity contribution in [3.05, 3.63) is 0 Å². The summed E-state index contributed by atoms with van der Waals surface area (Å²) in [6.45, 7) is -0.211. The summed E-state index contributed by atoms with van der Waals surface area (Å²) < 4.78 is 23.4. The van der Waals surface area contributed by atoms with Crippen molar-refractivity contribution in [3.63, 3.8) is 0 Å². The van der Waals surface area contributed by atoms with E-state index >= 15 is 0 Å². The summed E-state index contributed by atoms with van der Waals surface area (Å²) in [5, 5.41) is 9.46. The third-order valence-corrected chi connectivity index (χ3v) is 9.94. The number of thiol groups is 2. The molecular formula is C8H11O5P3S3Tl-. The first kappa shape index (κ1) is 20.5. The van der Waals surface area contributed by atoms with Crippen molar-refractivity contribution in [3.8, 4) is 12.3 Å². The van der Waals surface area contributed by atoms with Gasteiger partial charge in [-0.25, -0.2) is 0 Å². The molecule has 5 nitrogen and oxygen atoms in total. The number of aliphatic hydroxyl groups is 1. The average molecular weight is 581 g/mol. The fourth-order valence-electron chi connectivity index (χ4n) is 1.80. The number of terminal acetylenes is 1. The molecule has 0 unspecified atom stereocenters. The van der Waals surface area contributed by atoms with Crippen molar-refractivity contribution in [1.82, 2.24) is 0 Å². The minimum atomic E-state index is -1.53. The van der Waals surface area contributed by atoms with Crippen LogP contribution in [0, 0.1) is 12.3 Å². The van der Waals surface area contributed by atoms with Crippen molar-refractivity contribution in [2.45, 2.75) is 30.5 Å². The normalized spacial score (nSPS) is 33.0. The predicted octanol–water partition coefficient (Wildman–Crippen LogP) is 0.588. The van der Waals surface area contributed by atoms with Crippen molar-refractivity contribution in [2.75, 3.05) is 6.61 Å². The van der Waals surface area contributed by atoms with Crippen LogP contribution in [-0.2, 0) is 49.6 Å². The molecule has 20 heavy (non-hydrogen) atoms. The quantitative estimate of drug-likeness (QED) is 0.169. The molecule has 1 heterocycles. The number of aliphatic hydroxyl groups excluding tert-OH is 1. The van der Waals surface area contributed by atoms with Gasteiger partial charge in [0.25, 0.3) is 0 Å². The van der Waals surface area contributed by atoms with E-state index in [2.05, 4.69) is 21.5 Å². The standard InChI is InChI=1S/C8H11O5P2S2.PS.Tl/c1-2-4-7(12-16-14)8(13-17-15)6(10)5(3-9)11-4;1-2;/h1,4-9,16-17H,3H2;;/q-3;-1;+3/t4-,5-,6-,7-,8+;;/m1../s1. The fraction of sp³-hybridized carbons (Fsp3) is 0.750. The Morgan fingerprint density at radius 3 is 2.50 bits per heavy atom. The molecule has 0 aromatic rings. The zero-order valence-corrected chi connectivity index (χ0v) is 19.8. The first-order valence-corrected chi connectivity index (χ1v) is 19.0. The van der Waals surface area contributed by atoms with Gasteiger partial charge >= 0.3 is 147 Å². The third kappa shape index (κ3) is 5.85. The van der Waals surface area contributed by atoms with E-state index in [1.807, 2.05) is 0 Å². The summed E-state index contributed by atoms with van der Waals surface area (Å²) in [5.41, 5.74) is 0. The molecule has 1 N–H and O–H groups in total. The summed E-state index contributed by atoms with van der Waals surface area (Å²) in [4.78, 5) is 0. The number of hydrogen-bond acceptors (Lipinski definition) is 8. The molecule has 1 saturated heterocycles. The molecular weight excluding hydrogens is 570 g/mol. The second kappa shape index (κ2) is 11.9. The molecule has 0 amide bonds. The summed E-state index contributed by atoms with van der Waals surface area (Å²) >= 11 is 4.23. The van der Waals surface area contributed by atoms with Gasteiger partial charge in [-0.05, 0) is 0 Å². The van der Waals surface area contributed by atoms with Crippen LogP contribution in [0.15, 0.2) is 0 Å². The van der Waals surface area contributed by atoms with E-state index in [-0.39, 0.29) is 6.61 Å². The van der Waals surface area contributed by atoms with E-state index in [1.54, 1.807) is 0 Å². The number of rotatable bonds is 5. The summed E-state index contributed by atoms with van der Waals surface area (Å²) in [7, 11) is 8.06. The third-order valence-electron chi connectivity index (χ3n) is 2.58. The summed E-state index contributed by atoms with van der Waals surface area (Å²) in [5.74, 6) is 2.50. The van der Waals surface area contributed by atoms with Crippen LogP contribution in [0.3, 0.4) is 0 Å². The van der Waals surface area contributed by atoms with Gasteiger partial charge in [-0.1, -0.05) is 0 Å². The molecule has 0 radical (unpaired) electrons. The first-order chi connectivity index (χ1) is 9.73.